The van der Waals surface area contributed by atoms with Crippen LogP contribution in [0.5, 0.6) is 5.75 Å². The van der Waals surface area contributed by atoms with Gasteiger partial charge in [0.1, 0.15) is 5.75 Å². The van der Waals surface area contributed by atoms with E-state index in [4.69, 9.17) is 16.3 Å². The molecule has 1 N–H and O–H groups in total. The van der Waals surface area contributed by atoms with Gasteiger partial charge in [0.15, 0.2) is 0 Å². The summed E-state index contributed by atoms with van der Waals surface area (Å²) in [7, 11) is 1.74. The molecular weight excluding hydrogens is 294 g/mol. The van der Waals surface area contributed by atoms with Crippen molar-refractivity contribution in [3.63, 3.8) is 0 Å². The molecule has 3 unspecified atom stereocenters. The highest BCUT2D eigenvalue weighted by molar-refractivity contribution is 6.30. The number of halogens is 1. The Morgan fingerprint density at radius 3 is 2.68 bits per heavy atom. The van der Waals surface area contributed by atoms with Crippen molar-refractivity contribution < 1.29 is 4.74 Å². The van der Waals surface area contributed by atoms with Crippen LogP contribution in [-0.2, 0) is 0 Å². The molecule has 1 aliphatic heterocycles. The molecule has 2 aliphatic rings. The van der Waals surface area contributed by atoms with Crippen molar-refractivity contribution in [3.8, 4) is 5.75 Å². The highest BCUT2D eigenvalue weighted by Gasteiger charge is 2.42. The van der Waals surface area contributed by atoms with Crippen LogP contribution in [-0.4, -0.2) is 13.7 Å². The third-order valence-corrected chi connectivity index (χ3v) is 5.38. The zero-order valence-corrected chi connectivity index (χ0v) is 13.4. The largest absolute Gasteiger partial charge is 0.497 e. The zero-order chi connectivity index (χ0) is 15.1. The van der Waals surface area contributed by atoms with E-state index in [1.165, 1.54) is 29.5 Å². The van der Waals surface area contributed by atoms with E-state index < -0.39 is 0 Å². The van der Waals surface area contributed by atoms with E-state index in [2.05, 4.69) is 35.6 Å². The maximum atomic E-state index is 6.07. The smallest absolute Gasteiger partial charge is 0.119 e. The van der Waals surface area contributed by atoms with Crippen molar-refractivity contribution in [2.24, 2.45) is 5.92 Å². The molecule has 2 nitrogen and oxygen atoms in total. The van der Waals surface area contributed by atoms with Crippen molar-refractivity contribution in [2.45, 2.75) is 24.8 Å². The summed E-state index contributed by atoms with van der Waals surface area (Å²) >= 11 is 6.07. The molecule has 0 radical (unpaired) electrons. The summed E-state index contributed by atoms with van der Waals surface area (Å²) in [5.74, 6) is 2.02. The summed E-state index contributed by atoms with van der Waals surface area (Å²) in [6.07, 6.45) is 2.51. The number of fused-ring (bicyclic) bond motifs is 3. The number of ether oxygens (including phenoxy) is 1. The van der Waals surface area contributed by atoms with E-state index in [0.717, 1.165) is 17.3 Å². The van der Waals surface area contributed by atoms with Gasteiger partial charge in [-0.2, -0.15) is 0 Å². The molecular formula is C19H20ClNO. The van der Waals surface area contributed by atoms with E-state index in [1.54, 1.807) is 7.11 Å². The van der Waals surface area contributed by atoms with E-state index in [0.29, 0.717) is 17.9 Å². The van der Waals surface area contributed by atoms with Gasteiger partial charge in [-0.3, -0.25) is 0 Å². The molecule has 1 heterocycles. The Morgan fingerprint density at radius 1 is 1.09 bits per heavy atom. The fourth-order valence-electron chi connectivity index (χ4n) is 4.17. The van der Waals surface area contributed by atoms with Crippen LogP contribution >= 0.6 is 11.6 Å². The minimum Gasteiger partial charge on any atom is -0.497 e. The summed E-state index contributed by atoms with van der Waals surface area (Å²) < 4.78 is 5.43. The van der Waals surface area contributed by atoms with Crippen molar-refractivity contribution in [3.05, 3.63) is 64.2 Å². The molecule has 1 aliphatic carbocycles. The Bertz CT molecular complexity index is 682. The molecule has 3 atom stereocenters. The second kappa shape index (κ2) is 5.60. The molecule has 0 amide bonds. The Kier molecular flexibility index (Phi) is 3.59. The highest BCUT2D eigenvalue weighted by atomic mass is 35.5. The zero-order valence-electron chi connectivity index (χ0n) is 12.7. The topological polar surface area (TPSA) is 21.3 Å². The van der Waals surface area contributed by atoms with Crippen molar-refractivity contribution in [1.29, 1.82) is 0 Å². The number of benzene rings is 2. The van der Waals surface area contributed by atoms with E-state index >= 15 is 0 Å². The van der Waals surface area contributed by atoms with Gasteiger partial charge < -0.3 is 10.1 Å². The van der Waals surface area contributed by atoms with Gasteiger partial charge in [0, 0.05) is 17.0 Å². The van der Waals surface area contributed by atoms with Gasteiger partial charge in [-0.1, -0.05) is 29.8 Å². The quantitative estimate of drug-likeness (QED) is 0.879. The van der Waals surface area contributed by atoms with Crippen LogP contribution in [0.25, 0.3) is 0 Å². The monoisotopic (exact) mass is 313 g/mol. The molecule has 0 saturated carbocycles. The van der Waals surface area contributed by atoms with E-state index in [9.17, 15) is 0 Å². The lowest BCUT2D eigenvalue weighted by Gasteiger charge is -2.31. The maximum absolute atomic E-state index is 6.07. The average molecular weight is 314 g/mol. The fourth-order valence-corrected chi connectivity index (χ4v) is 4.30. The molecule has 114 valence electrons. The van der Waals surface area contributed by atoms with Crippen LogP contribution in [0.3, 0.4) is 0 Å². The second-order valence-corrected chi connectivity index (χ2v) is 6.70. The number of methoxy groups -OCH3 is 1. The summed E-state index contributed by atoms with van der Waals surface area (Å²) in [5, 5.41) is 4.52. The normalized spacial score (nSPS) is 26.4. The minimum absolute atomic E-state index is 0.444. The molecule has 0 spiro atoms. The number of piperidine rings is 1. The number of hydrogen-bond donors (Lipinski definition) is 1. The Balaban J connectivity index is 1.82. The highest BCUT2D eigenvalue weighted by Crippen LogP contribution is 2.52. The number of nitrogens with one attached hydrogen (secondary N) is 1. The van der Waals surface area contributed by atoms with Gasteiger partial charge in [0.25, 0.3) is 0 Å². The Labute approximate surface area is 136 Å². The van der Waals surface area contributed by atoms with Gasteiger partial charge >= 0.3 is 0 Å². The standard InChI is InChI=1S/C19H20ClNO/c1-22-14-8-9-15-17(11-14)19-16(3-2-10-21-19)18(15)12-4-6-13(20)7-5-12/h4-9,11,16,18-19,21H,2-3,10H2,1H3. The Morgan fingerprint density at radius 2 is 1.91 bits per heavy atom. The number of rotatable bonds is 2. The summed E-state index contributed by atoms with van der Waals surface area (Å²) in [5.41, 5.74) is 4.21. The molecule has 0 aromatic heterocycles. The first-order valence-corrected chi connectivity index (χ1v) is 8.32. The molecule has 1 saturated heterocycles. The first-order valence-electron chi connectivity index (χ1n) is 7.94. The molecule has 3 heteroatoms. The first kappa shape index (κ1) is 14.1. The molecule has 22 heavy (non-hydrogen) atoms. The lowest BCUT2D eigenvalue weighted by atomic mass is 9.80. The molecule has 1 fully saturated rings. The predicted molar refractivity (Wildman–Crippen MR) is 89.8 cm³/mol. The molecule has 2 aromatic rings. The van der Waals surface area contributed by atoms with E-state index in [-0.39, 0.29) is 0 Å². The first-order chi connectivity index (χ1) is 10.8. The van der Waals surface area contributed by atoms with Crippen molar-refractivity contribution in [1.82, 2.24) is 5.32 Å². The van der Waals surface area contributed by atoms with Crippen LogP contribution in [0.4, 0.5) is 0 Å². The molecule has 0 bridgehead atoms. The average Bonchev–Trinajstić information content (AvgIpc) is 2.89. The van der Waals surface area contributed by atoms with Crippen molar-refractivity contribution in [2.75, 3.05) is 13.7 Å². The van der Waals surface area contributed by atoms with Crippen LogP contribution in [0, 0.1) is 5.92 Å². The third-order valence-electron chi connectivity index (χ3n) is 5.13. The van der Waals surface area contributed by atoms with E-state index in [1.807, 2.05) is 12.1 Å². The SMILES string of the molecule is COc1ccc2c(c1)C1NCCCC1C2c1ccc(Cl)cc1. The minimum atomic E-state index is 0.444. The van der Waals surface area contributed by atoms with Crippen LogP contribution in [0.2, 0.25) is 5.02 Å². The van der Waals surface area contributed by atoms with Gasteiger partial charge in [0.05, 0.1) is 7.11 Å². The van der Waals surface area contributed by atoms with Crippen LogP contribution < -0.4 is 10.1 Å². The predicted octanol–water partition coefficient (Wildman–Crippen LogP) is 4.53. The van der Waals surface area contributed by atoms with Gasteiger partial charge in [0.2, 0.25) is 0 Å². The van der Waals surface area contributed by atoms with Crippen LogP contribution in [0.1, 0.15) is 41.5 Å². The fraction of sp³-hybridized carbons (Fsp3) is 0.368. The third kappa shape index (κ3) is 2.22. The summed E-state index contributed by atoms with van der Waals surface area (Å²) in [6, 6.07) is 15.3. The van der Waals surface area contributed by atoms with Gasteiger partial charge in [-0.05, 0) is 66.3 Å². The van der Waals surface area contributed by atoms with Gasteiger partial charge in [-0.25, -0.2) is 0 Å². The summed E-state index contributed by atoms with van der Waals surface area (Å²) in [4.78, 5) is 0. The van der Waals surface area contributed by atoms with Gasteiger partial charge in [-0.15, -0.1) is 0 Å². The lowest BCUT2D eigenvalue weighted by molar-refractivity contribution is 0.286. The molecule has 4 rings (SSSR count). The lowest BCUT2D eigenvalue weighted by Crippen LogP contribution is -2.32. The Hall–Kier alpha value is -1.51. The number of hydrogen-bond acceptors (Lipinski definition) is 2. The molecule has 2 aromatic carbocycles. The maximum Gasteiger partial charge on any atom is 0.119 e. The second-order valence-electron chi connectivity index (χ2n) is 6.26. The van der Waals surface area contributed by atoms with Crippen LogP contribution in [0.15, 0.2) is 42.5 Å². The van der Waals surface area contributed by atoms with Crippen molar-refractivity contribution >= 4 is 11.6 Å². The summed E-state index contributed by atoms with van der Waals surface area (Å²) in [6.45, 7) is 1.10.